The molecule has 2 fully saturated rings. The lowest BCUT2D eigenvalue weighted by Gasteiger charge is -2.37. The van der Waals surface area contributed by atoms with Crippen molar-refractivity contribution in [2.75, 3.05) is 13.1 Å². The summed E-state index contributed by atoms with van der Waals surface area (Å²) < 4.78 is 0. The number of amides is 3. The quantitative estimate of drug-likeness (QED) is 0.237. The molecule has 0 spiro atoms. The molecule has 1 saturated heterocycles. The molecule has 33 heavy (non-hydrogen) atoms. The molecule has 2 aliphatic rings. The third-order valence-electron chi connectivity index (χ3n) is 7.09. The third-order valence-corrected chi connectivity index (χ3v) is 7.31. The molecule has 8 nitrogen and oxygen atoms in total. The van der Waals surface area contributed by atoms with E-state index in [1.165, 1.54) is 6.08 Å². The maximum absolute atomic E-state index is 13.5. The van der Waals surface area contributed by atoms with Crippen LogP contribution in [-0.4, -0.2) is 59.6 Å². The minimum absolute atomic E-state index is 0.00564. The Labute approximate surface area is 202 Å². The molecule has 0 aromatic carbocycles. The minimum Gasteiger partial charge on any atom is -0.346 e. The number of nitrogens with zero attached hydrogens (tertiary/aromatic N) is 1. The lowest BCUT2D eigenvalue weighted by Crippen LogP contribution is -2.59. The molecule has 1 saturated carbocycles. The summed E-state index contributed by atoms with van der Waals surface area (Å²) in [6.07, 6.45) is 3.33. The highest BCUT2D eigenvalue weighted by Crippen LogP contribution is 2.65. The summed E-state index contributed by atoms with van der Waals surface area (Å²) in [4.78, 5) is 56.1. The second kappa shape index (κ2) is 10.6. The van der Waals surface area contributed by atoms with Crippen LogP contribution in [0.2, 0.25) is 0 Å². The van der Waals surface area contributed by atoms with Crippen LogP contribution in [0.3, 0.4) is 0 Å². The summed E-state index contributed by atoms with van der Waals surface area (Å²) in [6.45, 7) is 16.0. The first-order valence-electron chi connectivity index (χ1n) is 11.7. The number of ketones is 1. The van der Waals surface area contributed by atoms with Crippen LogP contribution in [0, 0.1) is 22.7 Å². The third kappa shape index (κ3) is 5.77. The van der Waals surface area contributed by atoms with Gasteiger partial charge in [0.1, 0.15) is 12.1 Å². The van der Waals surface area contributed by atoms with Crippen molar-refractivity contribution in [1.82, 2.24) is 20.4 Å². The van der Waals surface area contributed by atoms with Crippen LogP contribution in [0.15, 0.2) is 12.7 Å². The zero-order valence-corrected chi connectivity index (χ0v) is 21.4. The van der Waals surface area contributed by atoms with Gasteiger partial charge in [0, 0.05) is 13.1 Å². The predicted molar refractivity (Wildman–Crippen MR) is 128 cm³/mol. The van der Waals surface area contributed by atoms with Gasteiger partial charge in [0.25, 0.3) is 5.91 Å². The molecule has 9 heteroatoms. The second-order valence-electron chi connectivity index (χ2n) is 10.9. The maximum atomic E-state index is 13.5. The molecular formula is C24H39ClN4O4. The maximum Gasteiger partial charge on any atom is 0.289 e. The number of hydrogen-bond donors (Lipinski definition) is 3. The van der Waals surface area contributed by atoms with Crippen LogP contribution >= 0.6 is 11.8 Å². The highest BCUT2D eigenvalue weighted by Gasteiger charge is 2.69. The van der Waals surface area contributed by atoms with Gasteiger partial charge in [0.05, 0.1) is 6.04 Å². The summed E-state index contributed by atoms with van der Waals surface area (Å²) in [6, 6.07) is -2.32. The molecule has 186 valence electrons. The van der Waals surface area contributed by atoms with Gasteiger partial charge in [-0.3, -0.25) is 19.2 Å². The van der Waals surface area contributed by atoms with Crippen molar-refractivity contribution in [1.29, 1.82) is 0 Å². The van der Waals surface area contributed by atoms with E-state index in [9.17, 15) is 19.2 Å². The normalized spacial score (nSPS) is 24.9. The number of Topliss-reactive ketones (excluding diaryl/α,β-unsaturated/α-hetero) is 1. The predicted octanol–water partition coefficient (Wildman–Crippen LogP) is 2.17. The van der Waals surface area contributed by atoms with Crippen molar-refractivity contribution >= 4 is 35.3 Å². The molecule has 1 aliphatic heterocycles. The first-order chi connectivity index (χ1) is 15.3. The SMILES string of the molecule is C=CCNC(=O)C(=O)C(CCCC)NC(=O)[C@@H]1[C@@H]2[C@H](CN1C(=O)[C@H](NCl)C(C)(C)C)C2(C)C. The van der Waals surface area contributed by atoms with Crippen molar-refractivity contribution in [2.45, 2.75) is 78.9 Å². The number of fused-ring (bicyclic) bond motifs is 1. The Morgan fingerprint density at radius 2 is 1.88 bits per heavy atom. The highest BCUT2D eigenvalue weighted by atomic mass is 35.5. The van der Waals surface area contributed by atoms with Gasteiger partial charge in [0.2, 0.25) is 17.6 Å². The van der Waals surface area contributed by atoms with Gasteiger partial charge in [-0.05, 0) is 40.9 Å². The van der Waals surface area contributed by atoms with E-state index >= 15 is 0 Å². The monoisotopic (exact) mass is 482 g/mol. The number of unbranched alkanes of at least 4 members (excludes halogenated alkanes) is 1. The molecule has 1 unspecified atom stereocenters. The molecule has 1 aliphatic carbocycles. The summed E-state index contributed by atoms with van der Waals surface area (Å²) in [5.41, 5.74) is -0.528. The number of piperidine rings is 1. The molecule has 0 radical (unpaired) electrons. The summed E-state index contributed by atoms with van der Waals surface area (Å²) in [5.74, 6) is -1.87. The average Bonchev–Trinajstić information content (AvgIpc) is 3.08. The Morgan fingerprint density at radius 3 is 2.39 bits per heavy atom. The van der Waals surface area contributed by atoms with Crippen LogP contribution in [-0.2, 0) is 19.2 Å². The van der Waals surface area contributed by atoms with E-state index in [2.05, 4.69) is 35.9 Å². The number of hydrogen-bond acceptors (Lipinski definition) is 5. The molecule has 3 amide bonds. The molecule has 1 heterocycles. The van der Waals surface area contributed by atoms with Crippen molar-refractivity contribution < 1.29 is 19.2 Å². The Morgan fingerprint density at radius 1 is 1.24 bits per heavy atom. The van der Waals surface area contributed by atoms with E-state index in [0.717, 1.165) is 6.42 Å². The van der Waals surface area contributed by atoms with Gasteiger partial charge < -0.3 is 15.5 Å². The molecule has 2 rings (SSSR count). The molecule has 0 bridgehead atoms. The Kier molecular flexibility index (Phi) is 8.74. The second-order valence-corrected chi connectivity index (χ2v) is 11.1. The minimum atomic E-state index is -0.940. The lowest BCUT2D eigenvalue weighted by molar-refractivity contribution is -0.145. The van der Waals surface area contributed by atoms with Crippen molar-refractivity contribution in [3.8, 4) is 0 Å². The molecule has 3 N–H and O–H groups in total. The van der Waals surface area contributed by atoms with E-state index in [4.69, 9.17) is 11.8 Å². The standard InChI is InChI=1S/C24H39ClN4O4/c1-8-10-11-15(18(30)21(32)26-12-9-2)27-20(31)17-16-14(24(16,6)7)13-29(17)22(33)19(28-25)23(3,4)5/h9,14-17,19,28H,2,8,10-13H2,1,3-7H3,(H,26,32)(H,27,31)/t14-,15?,16-,17-,19-/m0/s1. The Balaban J connectivity index is 2.25. The zero-order chi connectivity index (χ0) is 25.1. The van der Waals surface area contributed by atoms with Crippen molar-refractivity contribution in [2.24, 2.45) is 22.7 Å². The largest absolute Gasteiger partial charge is 0.346 e. The fourth-order valence-electron chi connectivity index (χ4n) is 4.90. The van der Waals surface area contributed by atoms with Crippen LogP contribution in [0.4, 0.5) is 0 Å². The smallest absolute Gasteiger partial charge is 0.289 e. The summed E-state index contributed by atoms with van der Waals surface area (Å²) in [7, 11) is 0. The fourth-order valence-corrected chi connectivity index (χ4v) is 5.32. The zero-order valence-electron chi connectivity index (χ0n) is 20.7. The molecule has 0 aromatic rings. The van der Waals surface area contributed by atoms with E-state index in [-0.39, 0.29) is 29.7 Å². The number of nitrogens with one attached hydrogen (secondary N) is 3. The van der Waals surface area contributed by atoms with E-state index in [1.807, 2.05) is 27.7 Å². The van der Waals surface area contributed by atoms with Gasteiger partial charge in [-0.1, -0.05) is 60.5 Å². The Hall–Kier alpha value is -1.93. The number of carbonyl (C=O) groups excluding carboxylic acids is 4. The Bertz CT molecular complexity index is 792. The number of rotatable bonds is 11. The summed E-state index contributed by atoms with van der Waals surface area (Å²) >= 11 is 5.92. The van der Waals surface area contributed by atoms with Gasteiger partial charge in [-0.2, -0.15) is 0 Å². The number of carbonyl (C=O) groups is 4. The van der Waals surface area contributed by atoms with Gasteiger partial charge in [-0.25, -0.2) is 4.84 Å². The van der Waals surface area contributed by atoms with Crippen LogP contribution in [0.1, 0.15) is 60.8 Å². The average molecular weight is 483 g/mol. The molecule has 5 atom stereocenters. The highest BCUT2D eigenvalue weighted by molar-refractivity contribution is 6.38. The topological polar surface area (TPSA) is 108 Å². The van der Waals surface area contributed by atoms with Crippen LogP contribution in [0.5, 0.6) is 0 Å². The van der Waals surface area contributed by atoms with Crippen LogP contribution in [0.25, 0.3) is 0 Å². The van der Waals surface area contributed by atoms with E-state index < -0.39 is 41.1 Å². The molecule has 0 aromatic heterocycles. The van der Waals surface area contributed by atoms with Gasteiger partial charge >= 0.3 is 0 Å². The summed E-state index contributed by atoms with van der Waals surface area (Å²) in [5, 5.41) is 5.29. The van der Waals surface area contributed by atoms with Gasteiger partial charge in [-0.15, -0.1) is 6.58 Å². The first-order valence-corrected chi connectivity index (χ1v) is 12.1. The van der Waals surface area contributed by atoms with E-state index in [0.29, 0.717) is 19.4 Å². The first kappa shape index (κ1) is 27.3. The van der Waals surface area contributed by atoms with Crippen molar-refractivity contribution in [3.63, 3.8) is 0 Å². The number of halogens is 1. The van der Waals surface area contributed by atoms with Crippen LogP contribution < -0.4 is 15.5 Å². The van der Waals surface area contributed by atoms with E-state index in [1.54, 1.807) is 4.90 Å². The van der Waals surface area contributed by atoms with Crippen molar-refractivity contribution in [3.05, 3.63) is 12.7 Å². The molecular weight excluding hydrogens is 444 g/mol. The van der Waals surface area contributed by atoms with Gasteiger partial charge in [0.15, 0.2) is 0 Å². The lowest BCUT2D eigenvalue weighted by atomic mass is 9.86. The number of likely N-dealkylation sites (tertiary alicyclic amines) is 1. The fraction of sp³-hybridized carbons (Fsp3) is 0.750.